The average molecular weight is 445 g/mol. The van der Waals surface area contributed by atoms with Gasteiger partial charge in [0.2, 0.25) is 0 Å². The van der Waals surface area contributed by atoms with Gasteiger partial charge in [0.05, 0.1) is 0 Å². The quantitative estimate of drug-likeness (QED) is 0.318. The van der Waals surface area contributed by atoms with Gasteiger partial charge in [-0.3, -0.25) is 4.90 Å². The molecule has 166 valence electrons. The summed E-state index contributed by atoms with van der Waals surface area (Å²) < 4.78 is 2.42. The summed E-state index contributed by atoms with van der Waals surface area (Å²) >= 11 is 0. The van der Waals surface area contributed by atoms with Crippen LogP contribution in [0.15, 0.2) is 79.0 Å². The van der Waals surface area contributed by atoms with Crippen LogP contribution >= 0.6 is 12.4 Å². The highest BCUT2D eigenvalue weighted by molar-refractivity contribution is 5.85. The van der Waals surface area contributed by atoms with Gasteiger partial charge in [0.25, 0.3) is 0 Å². The fourth-order valence-corrected chi connectivity index (χ4v) is 5.45. The Hall–Kier alpha value is -2.55. The second-order valence-electron chi connectivity index (χ2n) is 9.14. The predicted molar refractivity (Wildman–Crippen MR) is 138 cm³/mol. The molecule has 0 bridgehead atoms. The van der Waals surface area contributed by atoms with E-state index in [1.54, 1.807) is 5.56 Å². The molecule has 5 rings (SSSR count). The molecule has 0 amide bonds. The first-order chi connectivity index (χ1) is 15.2. The molecule has 2 heterocycles. The van der Waals surface area contributed by atoms with Crippen LogP contribution < -0.4 is 0 Å². The van der Waals surface area contributed by atoms with Crippen molar-refractivity contribution in [2.75, 3.05) is 13.1 Å². The molecule has 0 atom stereocenters. The van der Waals surface area contributed by atoms with E-state index >= 15 is 0 Å². The number of hydrogen-bond acceptors (Lipinski definition) is 1. The van der Waals surface area contributed by atoms with Crippen LogP contribution in [0.1, 0.15) is 46.6 Å². The fourth-order valence-electron chi connectivity index (χ4n) is 5.45. The zero-order valence-corrected chi connectivity index (χ0v) is 19.9. The number of benzene rings is 3. The van der Waals surface area contributed by atoms with Gasteiger partial charge < -0.3 is 4.57 Å². The molecule has 1 saturated heterocycles. The van der Waals surface area contributed by atoms with E-state index in [0.717, 1.165) is 13.1 Å². The molecule has 1 aliphatic heterocycles. The Bertz CT molecular complexity index is 1150. The number of aryl methyl sites for hydroxylation is 2. The molecule has 3 aromatic carbocycles. The molecular formula is C29H33ClN2. The van der Waals surface area contributed by atoms with Crippen molar-refractivity contribution in [3.63, 3.8) is 0 Å². The molecule has 1 aromatic heterocycles. The van der Waals surface area contributed by atoms with E-state index < -0.39 is 0 Å². The van der Waals surface area contributed by atoms with Crippen LogP contribution in [-0.4, -0.2) is 22.6 Å². The lowest BCUT2D eigenvalue weighted by Crippen LogP contribution is -2.32. The summed E-state index contributed by atoms with van der Waals surface area (Å²) in [6.45, 7) is 8.87. The SMILES string of the molecule is Cc1cccc(C)c1C1CCN(Cc2cn(Cc3ccccc3)c3ccccc23)CC1.Cl. The van der Waals surface area contributed by atoms with Gasteiger partial charge in [0.15, 0.2) is 0 Å². The summed E-state index contributed by atoms with van der Waals surface area (Å²) in [5.74, 6) is 0.705. The molecule has 0 N–H and O–H groups in total. The topological polar surface area (TPSA) is 8.17 Å². The lowest BCUT2D eigenvalue weighted by Gasteiger charge is -2.33. The van der Waals surface area contributed by atoms with Crippen molar-refractivity contribution in [3.8, 4) is 0 Å². The summed E-state index contributed by atoms with van der Waals surface area (Å²) in [4.78, 5) is 2.65. The highest BCUT2D eigenvalue weighted by atomic mass is 35.5. The van der Waals surface area contributed by atoms with E-state index in [1.807, 2.05) is 0 Å². The van der Waals surface area contributed by atoms with E-state index in [2.05, 4.69) is 102 Å². The molecule has 3 heteroatoms. The highest BCUT2D eigenvalue weighted by Gasteiger charge is 2.23. The van der Waals surface area contributed by atoms with Gasteiger partial charge in [-0.25, -0.2) is 0 Å². The molecule has 0 radical (unpaired) electrons. The van der Waals surface area contributed by atoms with Crippen molar-refractivity contribution in [2.45, 2.75) is 45.7 Å². The van der Waals surface area contributed by atoms with Crippen molar-refractivity contribution in [2.24, 2.45) is 0 Å². The first-order valence-corrected chi connectivity index (χ1v) is 11.6. The Balaban J connectivity index is 0.00000245. The molecule has 1 aliphatic rings. The Morgan fingerprint density at radius 1 is 0.750 bits per heavy atom. The van der Waals surface area contributed by atoms with E-state index in [4.69, 9.17) is 0 Å². The molecule has 2 nitrogen and oxygen atoms in total. The second-order valence-corrected chi connectivity index (χ2v) is 9.14. The molecule has 0 spiro atoms. The van der Waals surface area contributed by atoms with E-state index in [0.29, 0.717) is 5.92 Å². The smallest absolute Gasteiger partial charge is 0.0486 e. The van der Waals surface area contributed by atoms with E-state index in [9.17, 15) is 0 Å². The third kappa shape index (κ3) is 4.62. The first-order valence-electron chi connectivity index (χ1n) is 11.6. The minimum atomic E-state index is 0. The van der Waals surface area contributed by atoms with Crippen LogP contribution in [-0.2, 0) is 13.1 Å². The van der Waals surface area contributed by atoms with Gasteiger partial charge in [-0.15, -0.1) is 12.4 Å². The first kappa shape index (κ1) is 22.6. The molecule has 0 unspecified atom stereocenters. The number of para-hydroxylation sites is 1. The largest absolute Gasteiger partial charge is 0.343 e. The number of piperidine rings is 1. The average Bonchev–Trinajstić information content (AvgIpc) is 3.13. The summed E-state index contributed by atoms with van der Waals surface area (Å²) in [5.41, 5.74) is 8.67. The number of nitrogens with zero attached hydrogens (tertiary/aromatic N) is 2. The molecule has 0 aliphatic carbocycles. The van der Waals surface area contributed by atoms with Crippen molar-refractivity contribution in [1.29, 1.82) is 0 Å². The number of fused-ring (bicyclic) bond motifs is 1. The summed E-state index contributed by atoms with van der Waals surface area (Å²) in [6, 6.07) is 26.4. The molecule has 32 heavy (non-hydrogen) atoms. The third-order valence-electron chi connectivity index (χ3n) is 7.00. The van der Waals surface area contributed by atoms with Gasteiger partial charge in [-0.1, -0.05) is 66.7 Å². The van der Waals surface area contributed by atoms with Crippen LogP contribution in [0, 0.1) is 13.8 Å². The lowest BCUT2D eigenvalue weighted by atomic mass is 9.84. The zero-order valence-electron chi connectivity index (χ0n) is 19.1. The third-order valence-corrected chi connectivity index (χ3v) is 7.00. The van der Waals surface area contributed by atoms with Crippen molar-refractivity contribution >= 4 is 23.3 Å². The van der Waals surface area contributed by atoms with E-state index in [-0.39, 0.29) is 12.4 Å². The van der Waals surface area contributed by atoms with Crippen LogP contribution in [0.25, 0.3) is 10.9 Å². The minimum Gasteiger partial charge on any atom is -0.343 e. The molecule has 0 saturated carbocycles. The number of likely N-dealkylation sites (tertiary alicyclic amines) is 1. The number of hydrogen-bond donors (Lipinski definition) is 0. The van der Waals surface area contributed by atoms with Crippen molar-refractivity contribution < 1.29 is 0 Å². The normalized spacial score (nSPS) is 15.1. The Morgan fingerprint density at radius 2 is 1.41 bits per heavy atom. The van der Waals surface area contributed by atoms with Crippen molar-refractivity contribution in [3.05, 3.63) is 107 Å². The van der Waals surface area contributed by atoms with Gasteiger partial charge >= 0.3 is 0 Å². The molecule has 4 aromatic rings. The van der Waals surface area contributed by atoms with Crippen molar-refractivity contribution in [1.82, 2.24) is 9.47 Å². The summed E-state index contributed by atoms with van der Waals surface area (Å²) in [5, 5.41) is 1.40. The predicted octanol–water partition coefficient (Wildman–Crippen LogP) is 7.11. The van der Waals surface area contributed by atoms with Gasteiger partial charge in [0, 0.05) is 30.2 Å². The molecular weight excluding hydrogens is 412 g/mol. The maximum Gasteiger partial charge on any atom is 0.0486 e. The summed E-state index contributed by atoms with van der Waals surface area (Å²) in [7, 11) is 0. The number of aromatic nitrogens is 1. The molecule has 1 fully saturated rings. The van der Waals surface area contributed by atoms with Crippen LogP contribution in [0.2, 0.25) is 0 Å². The maximum atomic E-state index is 2.65. The monoisotopic (exact) mass is 444 g/mol. The lowest BCUT2D eigenvalue weighted by molar-refractivity contribution is 0.205. The second kappa shape index (κ2) is 9.94. The van der Waals surface area contributed by atoms with Crippen LogP contribution in [0.4, 0.5) is 0 Å². The fraction of sp³-hybridized carbons (Fsp3) is 0.310. The van der Waals surface area contributed by atoms with Crippen LogP contribution in [0.3, 0.4) is 0 Å². The Morgan fingerprint density at radius 3 is 2.12 bits per heavy atom. The Labute approximate surface area is 198 Å². The van der Waals surface area contributed by atoms with Gasteiger partial charge in [0.1, 0.15) is 0 Å². The number of rotatable bonds is 5. The van der Waals surface area contributed by atoms with E-state index in [1.165, 1.54) is 59.1 Å². The Kier molecular flexibility index (Phi) is 7.03. The standard InChI is InChI=1S/C29H32N2.ClH/c1-22-9-8-10-23(2)29(22)25-15-17-30(18-16-25)20-26-21-31(19-24-11-4-3-5-12-24)28-14-7-6-13-27(26)28;/h3-14,21,25H,15-20H2,1-2H3;1H. The minimum absolute atomic E-state index is 0. The summed E-state index contributed by atoms with van der Waals surface area (Å²) in [6.07, 6.45) is 4.90. The van der Waals surface area contributed by atoms with Crippen LogP contribution in [0.5, 0.6) is 0 Å². The highest BCUT2D eigenvalue weighted by Crippen LogP contribution is 2.33. The van der Waals surface area contributed by atoms with Gasteiger partial charge in [-0.05, 0) is 79.6 Å². The maximum absolute atomic E-state index is 2.65. The zero-order chi connectivity index (χ0) is 21.2. The number of halogens is 1. The van der Waals surface area contributed by atoms with Gasteiger partial charge in [-0.2, -0.15) is 0 Å².